The van der Waals surface area contributed by atoms with E-state index in [-0.39, 0.29) is 42.3 Å². The highest BCUT2D eigenvalue weighted by molar-refractivity contribution is 6.01. The summed E-state index contributed by atoms with van der Waals surface area (Å²) in [5, 5.41) is 11.2. The van der Waals surface area contributed by atoms with Crippen molar-refractivity contribution in [3.05, 3.63) is 23.8 Å². The summed E-state index contributed by atoms with van der Waals surface area (Å²) in [7, 11) is 0. The molecule has 4 aliphatic carbocycles. The van der Waals surface area contributed by atoms with Crippen LogP contribution in [-0.4, -0.2) is 40.7 Å². The van der Waals surface area contributed by atoms with Crippen LogP contribution < -0.4 is 0 Å². The summed E-state index contributed by atoms with van der Waals surface area (Å²) in [6.45, 7) is 6.02. The number of halogens is 1. The molecule has 1 aliphatic heterocycles. The summed E-state index contributed by atoms with van der Waals surface area (Å²) < 4.78 is 22.8. The van der Waals surface area contributed by atoms with Crippen LogP contribution in [0.4, 0.5) is 4.39 Å². The number of hydrogen-bond acceptors (Lipinski definition) is 4. The summed E-state index contributed by atoms with van der Waals surface area (Å²) in [5.74, 6) is -0.328. The van der Waals surface area contributed by atoms with E-state index in [1.807, 2.05) is 20.8 Å². The van der Waals surface area contributed by atoms with Crippen LogP contribution in [0.5, 0.6) is 0 Å². The fourth-order valence-electron chi connectivity index (χ4n) is 7.59. The molecule has 0 amide bonds. The molecule has 0 radical (unpaired) electrons. The third-order valence-corrected chi connectivity index (χ3v) is 8.99. The fourth-order valence-corrected chi connectivity index (χ4v) is 7.59. The zero-order chi connectivity index (χ0) is 19.4. The van der Waals surface area contributed by atoms with E-state index < -0.39 is 28.2 Å². The molecule has 3 saturated carbocycles. The van der Waals surface area contributed by atoms with Crippen LogP contribution in [0.15, 0.2) is 23.8 Å². The lowest BCUT2D eigenvalue weighted by Gasteiger charge is -2.64. The minimum absolute atomic E-state index is 0.0120. The molecule has 1 heterocycles. The molecule has 4 nitrogen and oxygen atoms in total. The lowest BCUT2D eigenvalue weighted by Crippen LogP contribution is -2.72. The number of rotatable bonds is 0. The Hall–Kier alpha value is -1.33. The number of carbonyl (C=O) groups is 2. The molecule has 146 valence electrons. The normalized spacial score (nSPS) is 56.3. The maximum Gasteiger partial charge on any atom is 0.190 e. The predicted octanol–water partition coefficient (Wildman–Crippen LogP) is 2.94. The molecule has 5 rings (SSSR count). The number of aliphatic hydroxyl groups is 1. The number of fused-ring (bicyclic) bond motifs is 6. The molecule has 1 N–H and O–H groups in total. The summed E-state index contributed by atoms with van der Waals surface area (Å²) in [5.41, 5.74) is -3.42. The molecule has 1 saturated heterocycles. The number of allylic oxidation sites excluding steroid dienone is 4. The second kappa shape index (κ2) is 4.98. The second-order valence-corrected chi connectivity index (χ2v) is 9.87. The van der Waals surface area contributed by atoms with E-state index in [2.05, 4.69) is 0 Å². The Morgan fingerprint density at radius 1 is 1.26 bits per heavy atom. The van der Waals surface area contributed by atoms with Gasteiger partial charge in [0.1, 0.15) is 12.2 Å². The number of hydrogen-bond donors (Lipinski definition) is 1. The van der Waals surface area contributed by atoms with Crippen LogP contribution >= 0.6 is 0 Å². The van der Waals surface area contributed by atoms with Gasteiger partial charge in [0.25, 0.3) is 0 Å². The molecule has 4 fully saturated rings. The first-order valence-electron chi connectivity index (χ1n) is 10.1. The molecule has 1 spiro atoms. The number of aliphatic hydroxyl groups excluding tert-OH is 1. The highest BCUT2D eigenvalue weighted by Crippen LogP contribution is 2.71. The quantitative estimate of drug-likeness (QED) is 0.708. The van der Waals surface area contributed by atoms with Gasteiger partial charge in [0.15, 0.2) is 17.2 Å². The molecule has 0 aromatic rings. The fraction of sp³-hybridized carbons (Fsp3) is 0.727. The van der Waals surface area contributed by atoms with Crippen molar-refractivity contribution in [2.75, 3.05) is 6.61 Å². The van der Waals surface area contributed by atoms with Crippen molar-refractivity contribution in [1.29, 1.82) is 0 Å². The zero-order valence-corrected chi connectivity index (χ0v) is 16.1. The number of Topliss-reactive ketones (excluding diaryl/α,β-unsaturated/α-hetero) is 1. The Labute approximate surface area is 158 Å². The SMILES string of the molecule is C[C@H]1C[C@H]2[C@@H]3CC[C@]4(OCC4=O)[C@@]3(C)C[C@H](O)[C@]2(F)[C@@]2(C)C=CC(=O)C=C12. The average molecular weight is 374 g/mol. The number of ketones is 2. The number of alkyl halides is 1. The highest BCUT2D eigenvalue weighted by Gasteiger charge is 2.76. The monoisotopic (exact) mass is 374 g/mol. The van der Waals surface area contributed by atoms with Gasteiger partial charge in [0.05, 0.1) is 6.10 Å². The van der Waals surface area contributed by atoms with Crippen molar-refractivity contribution in [2.45, 2.75) is 63.8 Å². The Morgan fingerprint density at radius 3 is 2.63 bits per heavy atom. The Bertz CT molecular complexity index is 817. The van der Waals surface area contributed by atoms with Crippen LogP contribution in [0.1, 0.15) is 46.5 Å². The molecule has 0 unspecified atom stereocenters. The van der Waals surface area contributed by atoms with Crippen molar-refractivity contribution < 1.29 is 23.8 Å². The van der Waals surface area contributed by atoms with Crippen molar-refractivity contribution >= 4 is 11.6 Å². The minimum Gasteiger partial charge on any atom is -0.390 e. The summed E-state index contributed by atoms with van der Waals surface area (Å²) >= 11 is 0. The Kier molecular flexibility index (Phi) is 3.27. The van der Waals surface area contributed by atoms with Crippen molar-refractivity contribution in [3.8, 4) is 0 Å². The maximum atomic E-state index is 16.9. The van der Waals surface area contributed by atoms with Gasteiger partial charge in [0.2, 0.25) is 0 Å². The third kappa shape index (κ3) is 1.73. The van der Waals surface area contributed by atoms with Gasteiger partial charge in [0, 0.05) is 16.7 Å². The summed E-state index contributed by atoms with van der Waals surface area (Å²) in [6, 6.07) is 0. The van der Waals surface area contributed by atoms with Gasteiger partial charge in [-0.25, -0.2) is 4.39 Å². The van der Waals surface area contributed by atoms with Gasteiger partial charge in [-0.15, -0.1) is 0 Å². The van der Waals surface area contributed by atoms with E-state index in [0.29, 0.717) is 12.8 Å². The zero-order valence-electron chi connectivity index (χ0n) is 16.1. The lowest BCUT2D eigenvalue weighted by atomic mass is 9.43. The number of carbonyl (C=O) groups excluding carboxylic acids is 2. The smallest absolute Gasteiger partial charge is 0.190 e. The van der Waals surface area contributed by atoms with Crippen molar-refractivity contribution in [1.82, 2.24) is 0 Å². The van der Waals surface area contributed by atoms with Crippen LogP contribution in [-0.2, 0) is 14.3 Å². The predicted molar refractivity (Wildman–Crippen MR) is 96.6 cm³/mol. The summed E-state index contributed by atoms with van der Waals surface area (Å²) in [6.07, 6.45) is 5.65. The number of ether oxygens (including phenoxy) is 1. The summed E-state index contributed by atoms with van der Waals surface area (Å²) in [4.78, 5) is 24.4. The third-order valence-electron chi connectivity index (χ3n) is 8.99. The van der Waals surface area contributed by atoms with Crippen LogP contribution in [0.2, 0.25) is 0 Å². The van der Waals surface area contributed by atoms with Crippen LogP contribution in [0.3, 0.4) is 0 Å². The van der Waals surface area contributed by atoms with Crippen molar-refractivity contribution in [2.24, 2.45) is 28.6 Å². The Morgan fingerprint density at radius 2 is 2.00 bits per heavy atom. The molecular formula is C22H27FO4. The first-order chi connectivity index (χ1) is 12.6. The van der Waals surface area contributed by atoms with E-state index >= 15 is 4.39 Å². The molecule has 0 aromatic heterocycles. The lowest BCUT2D eigenvalue weighted by molar-refractivity contribution is -0.246. The van der Waals surface area contributed by atoms with Gasteiger partial charge in [-0.2, -0.15) is 0 Å². The van der Waals surface area contributed by atoms with Crippen molar-refractivity contribution in [3.63, 3.8) is 0 Å². The van der Waals surface area contributed by atoms with Gasteiger partial charge >= 0.3 is 0 Å². The topological polar surface area (TPSA) is 63.6 Å². The molecule has 0 bridgehead atoms. The van der Waals surface area contributed by atoms with Gasteiger partial charge < -0.3 is 9.84 Å². The molecule has 27 heavy (non-hydrogen) atoms. The molecular weight excluding hydrogens is 347 g/mol. The van der Waals surface area contributed by atoms with E-state index in [4.69, 9.17) is 4.74 Å². The van der Waals surface area contributed by atoms with E-state index in [1.54, 1.807) is 12.2 Å². The average Bonchev–Trinajstić information content (AvgIpc) is 2.93. The first-order valence-corrected chi connectivity index (χ1v) is 10.1. The van der Waals surface area contributed by atoms with Crippen LogP contribution in [0.25, 0.3) is 0 Å². The maximum absolute atomic E-state index is 16.9. The van der Waals surface area contributed by atoms with Crippen LogP contribution in [0, 0.1) is 28.6 Å². The van der Waals surface area contributed by atoms with E-state index in [1.165, 1.54) is 6.08 Å². The van der Waals surface area contributed by atoms with E-state index in [9.17, 15) is 14.7 Å². The molecule has 5 heteroatoms. The minimum atomic E-state index is -1.84. The highest BCUT2D eigenvalue weighted by atomic mass is 19.1. The molecule has 5 aliphatic rings. The second-order valence-electron chi connectivity index (χ2n) is 9.87. The largest absolute Gasteiger partial charge is 0.390 e. The van der Waals surface area contributed by atoms with Gasteiger partial charge in [-0.1, -0.05) is 25.5 Å². The van der Waals surface area contributed by atoms with Gasteiger partial charge in [-0.05, 0) is 56.6 Å². The van der Waals surface area contributed by atoms with E-state index in [0.717, 1.165) is 12.0 Å². The Balaban J connectivity index is 1.64. The molecule has 8 atom stereocenters. The molecule has 0 aromatic carbocycles. The first kappa shape index (κ1) is 17.7. The van der Waals surface area contributed by atoms with Gasteiger partial charge in [-0.3, -0.25) is 9.59 Å². The standard InChI is InChI=1S/C22H27FO4/c1-12-8-16-14-5-7-21(18(26)11-27-21)20(14,3)10-17(25)22(16,23)19(2)6-4-13(24)9-15(12)19/h4,6,9,12,14,16-17,25H,5,7-8,10-11H2,1-3H3/t12-,14-,16-,17-,19-,20-,21+,22-/m0/s1.